The molecule has 5 nitrogen and oxygen atoms in total. The Morgan fingerprint density at radius 2 is 1.64 bits per heavy atom. The molecule has 1 unspecified atom stereocenters. The fourth-order valence-corrected chi connectivity index (χ4v) is 2.86. The Morgan fingerprint density at radius 1 is 1.04 bits per heavy atom. The van der Waals surface area contributed by atoms with Gasteiger partial charge in [0.25, 0.3) is 5.91 Å². The molecule has 2 aromatic rings. The van der Waals surface area contributed by atoms with Crippen LogP contribution in [0.25, 0.3) is 6.08 Å². The first kappa shape index (κ1) is 16.6. The van der Waals surface area contributed by atoms with Gasteiger partial charge >= 0.3 is 0 Å². The highest BCUT2D eigenvalue weighted by molar-refractivity contribution is 6.13. The lowest BCUT2D eigenvalue weighted by Crippen LogP contribution is -2.59. The van der Waals surface area contributed by atoms with Gasteiger partial charge in [0.05, 0.1) is 0 Å². The highest BCUT2D eigenvalue weighted by atomic mass is 16.2. The minimum atomic E-state index is -0.847. The fourth-order valence-electron chi connectivity index (χ4n) is 2.86. The van der Waals surface area contributed by atoms with Gasteiger partial charge in [0.1, 0.15) is 11.7 Å². The van der Waals surface area contributed by atoms with Crippen LogP contribution in [0.15, 0.2) is 66.4 Å². The number of imide groups is 1. The molecule has 0 saturated carbocycles. The van der Waals surface area contributed by atoms with E-state index in [4.69, 9.17) is 0 Å². The standard InChI is InChI=1S/C20H18N2O3/c1-14(23)22-18(13-16-10-6-3-7-11-16)19(24)21-17(20(22)25)12-15-8-4-2-5-9-15/h2-12,18H,13H2,1H3,(H,21,24). The van der Waals surface area contributed by atoms with E-state index in [-0.39, 0.29) is 18.0 Å². The monoisotopic (exact) mass is 334 g/mol. The van der Waals surface area contributed by atoms with Crippen molar-refractivity contribution in [2.45, 2.75) is 19.4 Å². The Balaban J connectivity index is 1.91. The molecule has 1 aliphatic rings. The number of amides is 3. The first-order valence-corrected chi connectivity index (χ1v) is 8.02. The molecule has 1 atom stereocenters. The molecule has 126 valence electrons. The molecule has 1 heterocycles. The molecule has 3 rings (SSSR count). The van der Waals surface area contributed by atoms with Crippen LogP contribution in [0.3, 0.4) is 0 Å². The van der Waals surface area contributed by atoms with Gasteiger partial charge in [-0.1, -0.05) is 60.7 Å². The van der Waals surface area contributed by atoms with Crippen molar-refractivity contribution in [3.05, 3.63) is 77.5 Å². The van der Waals surface area contributed by atoms with Gasteiger partial charge in [-0.3, -0.25) is 19.3 Å². The molecule has 1 N–H and O–H groups in total. The first-order chi connectivity index (χ1) is 12.1. The maximum absolute atomic E-state index is 12.7. The van der Waals surface area contributed by atoms with Crippen LogP contribution in [0.5, 0.6) is 0 Å². The lowest BCUT2D eigenvalue weighted by molar-refractivity contribution is -0.152. The Bertz CT molecular complexity index is 829. The van der Waals surface area contributed by atoms with Gasteiger partial charge in [0.15, 0.2) is 0 Å². The van der Waals surface area contributed by atoms with Crippen LogP contribution in [0.2, 0.25) is 0 Å². The summed E-state index contributed by atoms with van der Waals surface area (Å²) in [5.74, 6) is -1.29. The van der Waals surface area contributed by atoms with E-state index in [2.05, 4.69) is 5.32 Å². The van der Waals surface area contributed by atoms with Crippen molar-refractivity contribution in [3.63, 3.8) is 0 Å². The Hall–Kier alpha value is -3.21. The maximum atomic E-state index is 12.7. The lowest BCUT2D eigenvalue weighted by Gasteiger charge is -2.34. The highest BCUT2D eigenvalue weighted by Gasteiger charge is 2.39. The van der Waals surface area contributed by atoms with Crippen molar-refractivity contribution >= 4 is 23.8 Å². The van der Waals surface area contributed by atoms with E-state index in [1.54, 1.807) is 6.08 Å². The van der Waals surface area contributed by atoms with Crippen molar-refractivity contribution in [2.24, 2.45) is 0 Å². The van der Waals surface area contributed by atoms with E-state index >= 15 is 0 Å². The number of benzene rings is 2. The second-order valence-electron chi connectivity index (χ2n) is 5.86. The van der Waals surface area contributed by atoms with Crippen molar-refractivity contribution < 1.29 is 14.4 Å². The Labute approximate surface area is 146 Å². The quantitative estimate of drug-likeness (QED) is 0.875. The molecule has 0 aliphatic carbocycles. The number of piperazine rings is 1. The number of carbonyl (C=O) groups is 3. The van der Waals surface area contributed by atoms with Crippen molar-refractivity contribution in [2.75, 3.05) is 0 Å². The van der Waals surface area contributed by atoms with Gasteiger partial charge in [-0.2, -0.15) is 0 Å². The summed E-state index contributed by atoms with van der Waals surface area (Å²) >= 11 is 0. The number of nitrogens with zero attached hydrogens (tertiary/aromatic N) is 1. The van der Waals surface area contributed by atoms with Crippen LogP contribution in [0, 0.1) is 0 Å². The molecule has 0 spiro atoms. The summed E-state index contributed by atoms with van der Waals surface area (Å²) < 4.78 is 0. The highest BCUT2D eigenvalue weighted by Crippen LogP contribution is 2.19. The molecular weight excluding hydrogens is 316 g/mol. The third kappa shape index (κ3) is 3.66. The molecule has 0 aromatic heterocycles. The number of nitrogens with one attached hydrogen (secondary N) is 1. The summed E-state index contributed by atoms with van der Waals surface area (Å²) in [6.07, 6.45) is 1.87. The van der Waals surface area contributed by atoms with Crippen LogP contribution in [-0.2, 0) is 20.8 Å². The average molecular weight is 334 g/mol. The Morgan fingerprint density at radius 3 is 2.24 bits per heavy atom. The normalized spacial score (nSPS) is 19.0. The smallest absolute Gasteiger partial charge is 0.277 e. The zero-order valence-electron chi connectivity index (χ0n) is 13.8. The van der Waals surface area contributed by atoms with Gasteiger partial charge < -0.3 is 5.32 Å². The summed E-state index contributed by atoms with van der Waals surface area (Å²) in [6.45, 7) is 1.30. The van der Waals surface area contributed by atoms with Gasteiger partial charge in [-0.15, -0.1) is 0 Å². The third-order valence-electron chi connectivity index (χ3n) is 4.04. The summed E-state index contributed by atoms with van der Waals surface area (Å²) in [6, 6.07) is 17.6. The van der Waals surface area contributed by atoms with E-state index < -0.39 is 17.9 Å². The zero-order chi connectivity index (χ0) is 17.8. The first-order valence-electron chi connectivity index (χ1n) is 8.02. The SMILES string of the molecule is CC(=O)N1C(=O)C(=Cc2ccccc2)NC(=O)C1Cc1ccccc1. The molecular formula is C20H18N2O3. The van der Waals surface area contributed by atoms with Crippen LogP contribution < -0.4 is 5.32 Å². The van der Waals surface area contributed by atoms with Gasteiger partial charge in [-0.05, 0) is 17.2 Å². The summed E-state index contributed by atoms with van der Waals surface area (Å²) in [5.41, 5.74) is 1.77. The predicted molar refractivity (Wildman–Crippen MR) is 94.0 cm³/mol. The molecule has 1 fully saturated rings. The van der Waals surface area contributed by atoms with E-state index in [0.717, 1.165) is 16.0 Å². The van der Waals surface area contributed by atoms with Gasteiger partial charge in [-0.25, -0.2) is 0 Å². The zero-order valence-corrected chi connectivity index (χ0v) is 13.8. The molecule has 0 radical (unpaired) electrons. The van der Waals surface area contributed by atoms with Crippen molar-refractivity contribution in [1.82, 2.24) is 10.2 Å². The Kier molecular flexibility index (Phi) is 4.75. The molecule has 3 amide bonds. The average Bonchev–Trinajstić information content (AvgIpc) is 2.61. The molecule has 1 aliphatic heterocycles. The second-order valence-corrected chi connectivity index (χ2v) is 5.86. The van der Waals surface area contributed by atoms with E-state index in [1.807, 2.05) is 60.7 Å². The van der Waals surface area contributed by atoms with Crippen LogP contribution >= 0.6 is 0 Å². The second kappa shape index (κ2) is 7.13. The third-order valence-corrected chi connectivity index (χ3v) is 4.04. The van der Waals surface area contributed by atoms with Crippen molar-refractivity contribution in [1.29, 1.82) is 0 Å². The minimum Gasteiger partial charge on any atom is -0.320 e. The van der Waals surface area contributed by atoms with E-state index in [0.29, 0.717) is 0 Å². The molecule has 0 bridgehead atoms. The van der Waals surface area contributed by atoms with Crippen molar-refractivity contribution in [3.8, 4) is 0 Å². The largest absolute Gasteiger partial charge is 0.320 e. The van der Waals surface area contributed by atoms with Crippen LogP contribution in [0.4, 0.5) is 0 Å². The predicted octanol–water partition coefficient (Wildman–Crippen LogP) is 2.14. The van der Waals surface area contributed by atoms with Crippen LogP contribution in [0.1, 0.15) is 18.1 Å². The summed E-state index contributed by atoms with van der Waals surface area (Å²) in [5, 5.41) is 2.65. The summed E-state index contributed by atoms with van der Waals surface area (Å²) in [7, 11) is 0. The number of rotatable bonds is 3. The number of carbonyl (C=O) groups excluding carboxylic acids is 3. The van der Waals surface area contributed by atoms with Gasteiger partial charge in [0, 0.05) is 13.3 Å². The summed E-state index contributed by atoms with van der Waals surface area (Å²) in [4.78, 5) is 38.4. The number of hydrogen-bond donors (Lipinski definition) is 1. The topological polar surface area (TPSA) is 66.5 Å². The minimum absolute atomic E-state index is 0.107. The lowest BCUT2D eigenvalue weighted by atomic mass is 10.0. The molecule has 1 saturated heterocycles. The van der Waals surface area contributed by atoms with E-state index in [9.17, 15) is 14.4 Å². The van der Waals surface area contributed by atoms with Gasteiger partial charge in [0.2, 0.25) is 11.8 Å². The molecule has 2 aromatic carbocycles. The van der Waals surface area contributed by atoms with Crippen LogP contribution in [-0.4, -0.2) is 28.7 Å². The maximum Gasteiger partial charge on any atom is 0.277 e. The fraction of sp³-hybridized carbons (Fsp3) is 0.150. The molecule has 25 heavy (non-hydrogen) atoms. The van der Waals surface area contributed by atoms with E-state index in [1.165, 1.54) is 6.92 Å². The number of hydrogen-bond acceptors (Lipinski definition) is 3. The molecule has 5 heteroatoms.